The zero-order chi connectivity index (χ0) is 12.1. The van der Waals surface area contributed by atoms with Gasteiger partial charge in [0.25, 0.3) is 5.91 Å². The molecule has 0 aliphatic rings. The largest absolute Gasteiger partial charge is 0.289 e. The van der Waals surface area contributed by atoms with Crippen LogP contribution in [0.1, 0.15) is 16.2 Å². The Kier molecular flexibility index (Phi) is 3.68. The summed E-state index contributed by atoms with van der Waals surface area (Å²) in [5.41, 5.74) is 3.11. The van der Waals surface area contributed by atoms with Crippen molar-refractivity contribution < 1.29 is 4.79 Å². The summed E-state index contributed by atoms with van der Waals surface area (Å²) in [7, 11) is 0. The van der Waals surface area contributed by atoms with Gasteiger partial charge >= 0.3 is 0 Å². The van der Waals surface area contributed by atoms with E-state index in [0.717, 1.165) is 5.69 Å². The van der Waals surface area contributed by atoms with Crippen molar-refractivity contribution >= 4 is 17.7 Å². The predicted molar refractivity (Wildman–Crippen MR) is 61.8 cm³/mol. The number of nitrogen functional groups attached to an aromatic ring is 1. The molecule has 0 aliphatic carbocycles. The molecule has 0 aromatic carbocycles. The molecule has 0 fully saturated rings. The third-order valence-corrected chi connectivity index (χ3v) is 2.83. The van der Waals surface area contributed by atoms with E-state index >= 15 is 0 Å². The van der Waals surface area contributed by atoms with E-state index in [4.69, 9.17) is 5.84 Å². The quantitative estimate of drug-likeness (QED) is 0.307. The fourth-order valence-corrected chi connectivity index (χ4v) is 1.85. The molecular formula is C9H10N6OS. The third-order valence-electron chi connectivity index (χ3n) is 1.92. The number of hydrazine groups is 1. The highest BCUT2D eigenvalue weighted by Crippen LogP contribution is 2.16. The average Bonchev–Trinajstić information content (AvgIpc) is 2.89. The summed E-state index contributed by atoms with van der Waals surface area (Å²) >= 11 is 1.45. The molecule has 0 spiro atoms. The Morgan fingerprint density at radius 2 is 2.41 bits per heavy atom. The number of hydrogen-bond donors (Lipinski definition) is 3. The second-order valence-corrected chi connectivity index (χ2v) is 4.03. The Labute approximate surface area is 101 Å². The second kappa shape index (κ2) is 5.41. The Morgan fingerprint density at radius 1 is 1.53 bits per heavy atom. The second-order valence-electron chi connectivity index (χ2n) is 3.07. The molecular weight excluding hydrogens is 240 g/mol. The van der Waals surface area contributed by atoms with Gasteiger partial charge in [0, 0.05) is 5.75 Å². The zero-order valence-electron chi connectivity index (χ0n) is 8.75. The van der Waals surface area contributed by atoms with Gasteiger partial charge in [-0.2, -0.15) is 5.10 Å². The molecule has 0 saturated carbocycles. The van der Waals surface area contributed by atoms with E-state index in [1.165, 1.54) is 18.1 Å². The van der Waals surface area contributed by atoms with E-state index in [1.54, 1.807) is 12.1 Å². The van der Waals surface area contributed by atoms with E-state index in [2.05, 4.69) is 20.2 Å². The number of amides is 1. The molecule has 7 nitrogen and oxygen atoms in total. The summed E-state index contributed by atoms with van der Waals surface area (Å²) in [6.07, 6.45) is 1.44. The van der Waals surface area contributed by atoms with Crippen LogP contribution in [0.25, 0.3) is 0 Å². The van der Waals surface area contributed by atoms with E-state index in [0.29, 0.717) is 16.6 Å². The predicted octanol–water partition coefficient (Wildman–Crippen LogP) is 0.0955. The molecule has 0 aliphatic heterocycles. The van der Waals surface area contributed by atoms with Crippen molar-refractivity contribution in [3.63, 3.8) is 0 Å². The van der Waals surface area contributed by atoms with Gasteiger partial charge in [0.2, 0.25) is 0 Å². The molecule has 4 N–H and O–H groups in total. The maximum Gasteiger partial charge on any atom is 0.283 e. The maximum absolute atomic E-state index is 11.3. The molecule has 0 atom stereocenters. The molecule has 2 heterocycles. The number of carbonyl (C=O) groups is 1. The Bertz CT molecular complexity index is 500. The number of nitrogens with zero attached hydrogens (tertiary/aromatic N) is 3. The smallest absolute Gasteiger partial charge is 0.283 e. The highest BCUT2D eigenvalue weighted by Gasteiger charge is 2.06. The monoisotopic (exact) mass is 250 g/mol. The molecule has 0 unspecified atom stereocenters. The molecule has 2 aromatic rings. The first-order valence-electron chi connectivity index (χ1n) is 4.74. The lowest BCUT2D eigenvalue weighted by atomic mass is 10.3. The number of H-pyrrole nitrogens is 1. The lowest BCUT2D eigenvalue weighted by molar-refractivity contribution is 0.0948. The average molecular weight is 250 g/mol. The van der Waals surface area contributed by atoms with Crippen LogP contribution in [0, 0.1) is 0 Å². The van der Waals surface area contributed by atoms with Gasteiger partial charge in [-0.1, -0.05) is 17.8 Å². The van der Waals surface area contributed by atoms with Gasteiger partial charge in [-0.15, -0.1) is 0 Å². The zero-order valence-corrected chi connectivity index (χ0v) is 9.57. The summed E-state index contributed by atoms with van der Waals surface area (Å²) in [6.45, 7) is 0. The molecule has 2 aromatic heterocycles. The summed E-state index contributed by atoms with van der Waals surface area (Å²) in [5.74, 6) is 5.23. The molecule has 17 heavy (non-hydrogen) atoms. The van der Waals surface area contributed by atoms with E-state index < -0.39 is 5.91 Å². The number of aromatic nitrogens is 4. The van der Waals surface area contributed by atoms with Crippen LogP contribution in [0.4, 0.5) is 0 Å². The number of carbonyl (C=O) groups excluding carboxylic acids is 1. The van der Waals surface area contributed by atoms with Crippen molar-refractivity contribution in [1.29, 1.82) is 0 Å². The normalized spacial score (nSPS) is 10.2. The van der Waals surface area contributed by atoms with Crippen molar-refractivity contribution in [2.75, 3.05) is 0 Å². The molecule has 88 valence electrons. The molecule has 2 rings (SSSR count). The summed E-state index contributed by atoms with van der Waals surface area (Å²) in [4.78, 5) is 19.4. The van der Waals surface area contributed by atoms with Gasteiger partial charge in [-0.05, 0) is 12.1 Å². The molecule has 0 radical (unpaired) electrons. The SMILES string of the molecule is NNC(=O)c1cccc(CSc2ncn[nH]2)n1. The van der Waals surface area contributed by atoms with Gasteiger partial charge in [0.1, 0.15) is 12.0 Å². The first kappa shape index (κ1) is 11.6. The minimum Gasteiger partial charge on any atom is -0.289 e. The fraction of sp³-hybridized carbons (Fsp3) is 0.111. The van der Waals surface area contributed by atoms with Gasteiger partial charge in [0.05, 0.1) is 5.69 Å². The molecule has 1 amide bonds. The Balaban J connectivity index is 2.03. The number of pyridine rings is 1. The van der Waals surface area contributed by atoms with Crippen molar-refractivity contribution in [3.8, 4) is 0 Å². The van der Waals surface area contributed by atoms with Crippen LogP contribution in [0.2, 0.25) is 0 Å². The number of aromatic amines is 1. The number of thioether (sulfide) groups is 1. The van der Waals surface area contributed by atoms with Crippen LogP contribution in [-0.4, -0.2) is 26.1 Å². The lowest BCUT2D eigenvalue weighted by Crippen LogP contribution is -2.30. The highest BCUT2D eigenvalue weighted by atomic mass is 32.2. The van der Waals surface area contributed by atoms with Crippen LogP contribution >= 0.6 is 11.8 Å². The van der Waals surface area contributed by atoms with Gasteiger partial charge in [0.15, 0.2) is 5.16 Å². The number of hydrogen-bond acceptors (Lipinski definition) is 6. The van der Waals surface area contributed by atoms with Crippen LogP contribution < -0.4 is 11.3 Å². The van der Waals surface area contributed by atoms with Crippen molar-refractivity contribution in [2.24, 2.45) is 5.84 Å². The minimum absolute atomic E-state index is 0.295. The minimum atomic E-state index is -0.406. The summed E-state index contributed by atoms with van der Waals surface area (Å²) < 4.78 is 0. The van der Waals surface area contributed by atoms with Crippen LogP contribution in [0.5, 0.6) is 0 Å². The van der Waals surface area contributed by atoms with Gasteiger partial charge in [-0.3, -0.25) is 15.3 Å². The third kappa shape index (κ3) is 3.02. The van der Waals surface area contributed by atoms with Crippen LogP contribution in [-0.2, 0) is 5.75 Å². The summed E-state index contributed by atoms with van der Waals surface area (Å²) in [5, 5.41) is 7.18. The first-order chi connectivity index (χ1) is 8.29. The van der Waals surface area contributed by atoms with E-state index in [1.807, 2.05) is 11.5 Å². The van der Waals surface area contributed by atoms with Gasteiger partial charge < -0.3 is 0 Å². The molecule has 0 bridgehead atoms. The fourth-order valence-electron chi connectivity index (χ4n) is 1.17. The highest BCUT2D eigenvalue weighted by molar-refractivity contribution is 7.98. The first-order valence-corrected chi connectivity index (χ1v) is 5.73. The number of nitrogens with two attached hydrogens (primary N) is 1. The van der Waals surface area contributed by atoms with Crippen molar-refractivity contribution in [3.05, 3.63) is 35.9 Å². The number of nitrogens with one attached hydrogen (secondary N) is 2. The van der Waals surface area contributed by atoms with Crippen LogP contribution in [0.3, 0.4) is 0 Å². The maximum atomic E-state index is 11.3. The van der Waals surface area contributed by atoms with Crippen molar-refractivity contribution in [2.45, 2.75) is 10.9 Å². The van der Waals surface area contributed by atoms with Gasteiger partial charge in [-0.25, -0.2) is 15.8 Å². The number of rotatable bonds is 4. The van der Waals surface area contributed by atoms with E-state index in [-0.39, 0.29) is 0 Å². The Morgan fingerprint density at radius 3 is 3.12 bits per heavy atom. The molecule has 0 saturated heterocycles. The Hall–Kier alpha value is -1.93. The van der Waals surface area contributed by atoms with E-state index in [9.17, 15) is 4.79 Å². The molecule has 8 heteroatoms. The van der Waals surface area contributed by atoms with Crippen molar-refractivity contribution in [1.82, 2.24) is 25.6 Å². The lowest BCUT2D eigenvalue weighted by Gasteiger charge is -2.02. The standard InChI is InChI=1S/C9H10N6OS/c10-14-8(16)7-3-1-2-6(13-7)4-17-9-11-5-12-15-9/h1-3,5H,4,10H2,(H,14,16)(H,11,12,15). The topological polar surface area (TPSA) is 110 Å². The summed E-state index contributed by atoms with van der Waals surface area (Å²) in [6, 6.07) is 5.19. The van der Waals surface area contributed by atoms with Crippen LogP contribution in [0.15, 0.2) is 29.7 Å².